The average Bonchev–Trinajstić information content (AvgIpc) is 3.22. The Morgan fingerprint density at radius 2 is 1.91 bits per heavy atom. The van der Waals surface area contributed by atoms with Crippen molar-refractivity contribution in [2.24, 2.45) is 5.92 Å². The van der Waals surface area contributed by atoms with Crippen LogP contribution in [0, 0.1) is 5.92 Å². The number of H-pyrrole nitrogens is 1. The molecule has 0 spiro atoms. The highest BCUT2D eigenvalue weighted by Gasteiger charge is 2.20. The van der Waals surface area contributed by atoms with Crippen molar-refractivity contribution in [1.29, 1.82) is 0 Å². The molecule has 0 radical (unpaired) electrons. The molecule has 1 atom stereocenters. The van der Waals surface area contributed by atoms with Crippen molar-refractivity contribution in [3.8, 4) is 5.75 Å². The van der Waals surface area contributed by atoms with E-state index in [1.165, 1.54) is 0 Å². The van der Waals surface area contributed by atoms with Gasteiger partial charge < -0.3 is 20.1 Å². The largest absolute Gasteiger partial charge is 0.494 e. The summed E-state index contributed by atoms with van der Waals surface area (Å²) in [5, 5.41) is 14.0. The molecule has 0 saturated heterocycles. The smallest absolute Gasteiger partial charge is 0.307 e. The molecular formula is C26H27N3O3. The maximum Gasteiger partial charge on any atom is 0.307 e. The second kappa shape index (κ2) is 10.5. The van der Waals surface area contributed by atoms with Gasteiger partial charge in [0.15, 0.2) is 0 Å². The van der Waals surface area contributed by atoms with Crippen LogP contribution < -0.4 is 10.1 Å². The van der Waals surface area contributed by atoms with Crippen LogP contribution >= 0.6 is 0 Å². The fourth-order valence-electron chi connectivity index (χ4n) is 3.77. The Morgan fingerprint density at radius 3 is 2.69 bits per heavy atom. The number of benzene rings is 2. The van der Waals surface area contributed by atoms with E-state index in [4.69, 9.17) is 4.74 Å². The summed E-state index contributed by atoms with van der Waals surface area (Å²) < 4.78 is 5.93. The van der Waals surface area contributed by atoms with Crippen molar-refractivity contribution in [3.63, 3.8) is 0 Å². The van der Waals surface area contributed by atoms with Crippen LogP contribution in [0.5, 0.6) is 5.75 Å². The molecule has 1 unspecified atom stereocenters. The third-order valence-electron chi connectivity index (χ3n) is 5.44. The molecule has 0 amide bonds. The van der Waals surface area contributed by atoms with Crippen molar-refractivity contribution in [2.75, 3.05) is 18.5 Å². The van der Waals surface area contributed by atoms with E-state index in [1.54, 1.807) is 6.20 Å². The quantitative estimate of drug-likeness (QED) is 0.294. The van der Waals surface area contributed by atoms with Crippen molar-refractivity contribution in [1.82, 2.24) is 9.97 Å². The van der Waals surface area contributed by atoms with Crippen molar-refractivity contribution >= 4 is 22.7 Å². The van der Waals surface area contributed by atoms with E-state index in [-0.39, 0.29) is 0 Å². The summed E-state index contributed by atoms with van der Waals surface area (Å²) in [6, 6.07) is 21.4. The van der Waals surface area contributed by atoms with Crippen LogP contribution in [0.4, 0.5) is 5.82 Å². The number of anilines is 1. The Balaban J connectivity index is 1.36. The molecule has 2 heterocycles. The zero-order valence-electron chi connectivity index (χ0n) is 17.8. The second-order valence-electron chi connectivity index (χ2n) is 7.79. The van der Waals surface area contributed by atoms with E-state index in [0.717, 1.165) is 46.6 Å². The molecule has 2 aromatic carbocycles. The van der Waals surface area contributed by atoms with Gasteiger partial charge in [0.25, 0.3) is 0 Å². The van der Waals surface area contributed by atoms with Crippen molar-refractivity contribution < 1.29 is 14.6 Å². The highest BCUT2D eigenvalue weighted by atomic mass is 16.5. The number of fused-ring (bicyclic) bond motifs is 1. The van der Waals surface area contributed by atoms with Crippen molar-refractivity contribution in [3.05, 3.63) is 90.3 Å². The number of nitrogens with one attached hydrogen (secondary N) is 2. The molecule has 0 saturated carbocycles. The molecule has 0 aliphatic carbocycles. The number of ether oxygens (including phenoxy) is 1. The van der Waals surface area contributed by atoms with E-state index in [1.807, 2.05) is 72.9 Å². The number of hydrogen-bond donors (Lipinski definition) is 3. The summed E-state index contributed by atoms with van der Waals surface area (Å²) in [5.74, 6) is 0.371. The maximum atomic E-state index is 11.9. The molecule has 6 heteroatoms. The lowest BCUT2D eigenvalue weighted by atomic mass is 9.92. The molecule has 0 aliphatic heterocycles. The fourth-order valence-corrected chi connectivity index (χ4v) is 3.77. The SMILES string of the molecule is O=C(O)C(Cc1ccccc1)Cc1c[nH]c2ccc(OCCCNc3ccccn3)cc12. The first-order valence-electron chi connectivity index (χ1n) is 10.8. The average molecular weight is 430 g/mol. The Kier molecular flexibility index (Phi) is 7.02. The van der Waals surface area contributed by atoms with Gasteiger partial charge in [-0.05, 0) is 60.7 Å². The number of nitrogens with zero attached hydrogens (tertiary/aromatic N) is 1. The van der Waals surface area contributed by atoms with Crippen LogP contribution in [0.15, 0.2) is 79.1 Å². The van der Waals surface area contributed by atoms with Gasteiger partial charge in [-0.3, -0.25) is 4.79 Å². The van der Waals surface area contributed by atoms with Gasteiger partial charge in [0.05, 0.1) is 12.5 Å². The molecule has 0 bridgehead atoms. The van der Waals surface area contributed by atoms with Gasteiger partial charge in [-0.25, -0.2) is 4.98 Å². The maximum absolute atomic E-state index is 11.9. The molecular weight excluding hydrogens is 402 g/mol. The summed E-state index contributed by atoms with van der Waals surface area (Å²) >= 11 is 0. The summed E-state index contributed by atoms with van der Waals surface area (Å²) in [7, 11) is 0. The van der Waals surface area contributed by atoms with Crippen LogP contribution in [-0.2, 0) is 17.6 Å². The zero-order valence-corrected chi connectivity index (χ0v) is 17.8. The number of carboxylic acids is 1. The predicted octanol–water partition coefficient (Wildman–Crippen LogP) is 4.93. The first kappa shape index (κ1) is 21.4. The van der Waals surface area contributed by atoms with E-state index in [9.17, 15) is 9.90 Å². The molecule has 2 aromatic heterocycles. The van der Waals surface area contributed by atoms with Crippen LogP contribution in [-0.4, -0.2) is 34.2 Å². The molecule has 3 N–H and O–H groups in total. The third-order valence-corrected chi connectivity index (χ3v) is 5.44. The topological polar surface area (TPSA) is 87.2 Å². The number of aromatic amines is 1. The van der Waals surface area contributed by atoms with Gasteiger partial charge in [-0.2, -0.15) is 0 Å². The molecule has 6 nitrogen and oxygen atoms in total. The molecule has 0 aliphatic rings. The minimum Gasteiger partial charge on any atom is -0.494 e. The Hall–Kier alpha value is -3.80. The molecule has 164 valence electrons. The Bertz CT molecular complexity index is 1140. The van der Waals surface area contributed by atoms with E-state index in [2.05, 4.69) is 15.3 Å². The van der Waals surface area contributed by atoms with E-state index >= 15 is 0 Å². The van der Waals surface area contributed by atoms with E-state index in [0.29, 0.717) is 19.4 Å². The summed E-state index contributed by atoms with van der Waals surface area (Å²) in [6.45, 7) is 1.35. The van der Waals surface area contributed by atoms with Crippen molar-refractivity contribution in [2.45, 2.75) is 19.3 Å². The number of rotatable bonds is 11. The van der Waals surface area contributed by atoms with Gasteiger partial charge in [-0.1, -0.05) is 36.4 Å². The van der Waals surface area contributed by atoms with Crippen LogP contribution in [0.2, 0.25) is 0 Å². The normalized spacial score (nSPS) is 11.9. The standard InChI is InChI=1S/C26H27N3O3/c30-26(31)20(15-19-7-2-1-3-8-19)16-21-18-29-24-11-10-22(17-23(21)24)32-14-6-13-28-25-9-4-5-12-27-25/h1-5,7-12,17-18,20,29H,6,13-16H2,(H,27,28)(H,30,31). The number of aliphatic carboxylic acids is 1. The fraction of sp³-hybridized carbons (Fsp3) is 0.231. The molecule has 4 aromatic rings. The van der Waals surface area contributed by atoms with Crippen LogP contribution in [0.25, 0.3) is 10.9 Å². The number of pyridine rings is 1. The van der Waals surface area contributed by atoms with Gasteiger partial charge in [0, 0.05) is 29.8 Å². The lowest BCUT2D eigenvalue weighted by Crippen LogP contribution is -2.19. The number of carboxylic acid groups (broad SMARTS) is 1. The second-order valence-corrected chi connectivity index (χ2v) is 7.79. The highest BCUT2D eigenvalue weighted by molar-refractivity contribution is 5.85. The molecule has 4 rings (SSSR count). The zero-order chi connectivity index (χ0) is 22.2. The first-order valence-corrected chi connectivity index (χ1v) is 10.8. The number of hydrogen-bond acceptors (Lipinski definition) is 4. The Morgan fingerprint density at radius 1 is 1.06 bits per heavy atom. The van der Waals surface area contributed by atoms with Gasteiger partial charge in [-0.15, -0.1) is 0 Å². The monoisotopic (exact) mass is 429 g/mol. The third kappa shape index (κ3) is 5.66. The lowest BCUT2D eigenvalue weighted by Gasteiger charge is -2.12. The van der Waals surface area contributed by atoms with Gasteiger partial charge in [0.2, 0.25) is 0 Å². The number of aromatic nitrogens is 2. The molecule has 32 heavy (non-hydrogen) atoms. The first-order chi connectivity index (χ1) is 15.7. The Labute approximate surface area is 187 Å². The van der Waals surface area contributed by atoms with E-state index < -0.39 is 11.9 Å². The van der Waals surface area contributed by atoms with Crippen LogP contribution in [0.3, 0.4) is 0 Å². The number of carbonyl (C=O) groups is 1. The van der Waals surface area contributed by atoms with Gasteiger partial charge in [0.1, 0.15) is 11.6 Å². The van der Waals surface area contributed by atoms with Gasteiger partial charge >= 0.3 is 5.97 Å². The lowest BCUT2D eigenvalue weighted by molar-refractivity contribution is -0.141. The molecule has 0 fully saturated rings. The minimum atomic E-state index is -0.781. The summed E-state index contributed by atoms with van der Waals surface area (Å²) in [4.78, 5) is 19.4. The minimum absolute atomic E-state index is 0.460. The highest BCUT2D eigenvalue weighted by Crippen LogP contribution is 2.27. The van der Waals surface area contributed by atoms with Crippen LogP contribution in [0.1, 0.15) is 17.5 Å². The predicted molar refractivity (Wildman–Crippen MR) is 126 cm³/mol. The summed E-state index contributed by atoms with van der Waals surface area (Å²) in [5.41, 5.74) is 3.00. The summed E-state index contributed by atoms with van der Waals surface area (Å²) in [6.07, 6.45) is 5.47.